The quantitative estimate of drug-likeness (QED) is 0.110. The molecule has 0 amide bonds. The summed E-state index contributed by atoms with van der Waals surface area (Å²) in [5.41, 5.74) is 4.55. The van der Waals surface area contributed by atoms with Crippen LogP contribution in [0.1, 0.15) is 50.5 Å². The number of ketones is 1. The Morgan fingerprint density at radius 2 is 1.58 bits per heavy atom. The van der Waals surface area contributed by atoms with Gasteiger partial charge in [-0.1, -0.05) is 24.3 Å². The largest absolute Gasteiger partial charge is 0.496 e. The van der Waals surface area contributed by atoms with E-state index in [0.717, 1.165) is 23.3 Å². The molecule has 7 rings (SSSR count). The maximum Gasteiger partial charge on any atom is 0.312 e. The number of fused-ring (bicyclic) bond motifs is 4. The minimum atomic E-state index is -0.541. The zero-order chi connectivity index (χ0) is 33.4. The van der Waals surface area contributed by atoms with Gasteiger partial charge in [-0.25, -0.2) is 0 Å². The number of carbonyl (C=O) groups is 2. The van der Waals surface area contributed by atoms with Crippen LogP contribution >= 0.6 is 0 Å². The predicted molar refractivity (Wildman–Crippen MR) is 175 cm³/mol. The third-order valence-electron chi connectivity index (χ3n) is 8.80. The van der Waals surface area contributed by atoms with Crippen LogP contribution in [0.5, 0.6) is 46.0 Å². The van der Waals surface area contributed by atoms with Gasteiger partial charge in [0.2, 0.25) is 5.78 Å². The number of ether oxygens (including phenoxy) is 8. The average Bonchev–Trinajstić information content (AvgIpc) is 3.71. The molecule has 0 aliphatic carbocycles. The summed E-state index contributed by atoms with van der Waals surface area (Å²) in [6.07, 6.45) is 3.17. The van der Waals surface area contributed by atoms with E-state index in [9.17, 15) is 9.59 Å². The van der Waals surface area contributed by atoms with Crippen LogP contribution in [0.4, 0.5) is 0 Å². The normalized spacial score (nSPS) is 16.7. The lowest BCUT2D eigenvalue weighted by Gasteiger charge is -2.28. The predicted octanol–water partition coefficient (Wildman–Crippen LogP) is 6.33. The number of rotatable bonds is 10. The number of Topliss-reactive ketones (excluding diaryl/α,β-unsaturated/α-hetero) is 1. The maximum absolute atomic E-state index is 13.7. The Balaban J connectivity index is 1.24. The average molecular weight is 651 g/mol. The van der Waals surface area contributed by atoms with Gasteiger partial charge in [-0.2, -0.15) is 0 Å². The summed E-state index contributed by atoms with van der Waals surface area (Å²) in [4.78, 5) is 26.7. The van der Waals surface area contributed by atoms with Crippen LogP contribution < -0.4 is 37.9 Å². The standard InChI is InChI=1S/C38H34O10/c1-41-29-7-5-6-24(37(29)46-14-12-21-8-10-27-22(16-21)13-15-45-27)26-19-34(39)47-28-11-9-25-36(40)33(48-38(25)35(26)28)18-23-17-31(43-3)32(44-4)20-30(23)42-2/h5-11,16-18,20,26H,12-15,19H2,1-4H3/b33-18-. The van der Waals surface area contributed by atoms with E-state index in [4.69, 9.17) is 37.9 Å². The molecule has 3 aliphatic heterocycles. The molecule has 0 radical (unpaired) electrons. The Kier molecular flexibility index (Phi) is 8.31. The summed E-state index contributed by atoms with van der Waals surface area (Å²) in [5, 5.41) is 0. The van der Waals surface area contributed by atoms with Gasteiger partial charge in [0.05, 0.1) is 53.6 Å². The molecule has 0 aromatic heterocycles. The molecule has 10 nitrogen and oxygen atoms in total. The molecule has 0 spiro atoms. The highest BCUT2D eigenvalue weighted by Gasteiger charge is 2.40. The summed E-state index contributed by atoms with van der Waals surface area (Å²) in [5.74, 6) is 2.86. The second-order valence-electron chi connectivity index (χ2n) is 11.5. The van der Waals surface area contributed by atoms with Gasteiger partial charge < -0.3 is 37.9 Å². The fourth-order valence-corrected chi connectivity index (χ4v) is 6.47. The molecule has 0 saturated carbocycles. The Labute approximate surface area is 277 Å². The minimum Gasteiger partial charge on any atom is -0.496 e. The van der Waals surface area contributed by atoms with Gasteiger partial charge in [-0.3, -0.25) is 9.59 Å². The van der Waals surface area contributed by atoms with Gasteiger partial charge in [0, 0.05) is 41.5 Å². The molecular weight excluding hydrogens is 616 g/mol. The zero-order valence-electron chi connectivity index (χ0n) is 27.0. The first-order valence-corrected chi connectivity index (χ1v) is 15.6. The number of para-hydroxylation sites is 1. The number of esters is 1. The first-order chi connectivity index (χ1) is 23.4. The van der Waals surface area contributed by atoms with Crippen molar-refractivity contribution in [2.75, 3.05) is 41.7 Å². The van der Waals surface area contributed by atoms with E-state index >= 15 is 0 Å². The zero-order valence-corrected chi connectivity index (χ0v) is 27.0. The Morgan fingerprint density at radius 1 is 0.812 bits per heavy atom. The topological polar surface area (TPSA) is 108 Å². The molecule has 10 heteroatoms. The number of methoxy groups -OCH3 is 4. The highest BCUT2D eigenvalue weighted by molar-refractivity contribution is 6.15. The van der Waals surface area contributed by atoms with Crippen LogP contribution in [0, 0.1) is 0 Å². The van der Waals surface area contributed by atoms with Gasteiger partial charge in [-0.05, 0) is 47.5 Å². The van der Waals surface area contributed by atoms with Crippen molar-refractivity contribution in [2.45, 2.75) is 25.2 Å². The third kappa shape index (κ3) is 5.53. The molecule has 246 valence electrons. The molecule has 0 saturated heterocycles. The first-order valence-electron chi connectivity index (χ1n) is 15.6. The van der Waals surface area contributed by atoms with E-state index in [1.165, 1.54) is 26.9 Å². The van der Waals surface area contributed by atoms with E-state index in [1.807, 2.05) is 30.3 Å². The lowest BCUT2D eigenvalue weighted by atomic mass is 9.84. The summed E-state index contributed by atoms with van der Waals surface area (Å²) in [7, 11) is 6.17. The van der Waals surface area contributed by atoms with Crippen molar-refractivity contribution in [2.24, 2.45) is 0 Å². The van der Waals surface area contributed by atoms with Crippen LogP contribution in [0.2, 0.25) is 0 Å². The van der Waals surface area contributed by atoms with Gasteiger partial charge >= 0.3 is 5.97 Å². The molecule has 1 unspecified atom stereocenters. The van der Waals surface area contributed by atoms with Gasteiger partial charge in [0.15, 0.2) is 28.8 Å². The first kappa shape index (κ1) is 31.0. The van der Waals surface area contributed by atoms with Crippen LogP contribution in [-0.4, -0.2) is 53.4 Å². The van der Waals surface area contributed by atoms with Gasteiger partial charge in [0.25, 0.3) is 0 Å². The van der Waals surface area contributed by atoms with E-state index in [2.05, 4.69) is 6.07 Å². The van der Waals surface area contributed by atoms with Crippen LogP contribution in [-0.2, 0) is 17.6 Å². The van der Waals surface area contributed by atoms with Crippen molar-refractivity contribution in [3.05, 3.63) is 99.8 Å². The molecule has 48 heavy (non-hydrogen) atoms. The van der Waals surface area contributed by atoms with E-state index in [0.29, 0.717) is 76.6 Å². The van der Waals surface area contributed by atoms with E-state index < -0.39 is 11.9 Å². The molecule has 1 atom stereocenters. The minimum absolute atomic E-state index is 0.0118. The van der Waals surface area contributed by atoms with E-state index in [1.54, 1.807) is 37.5 Å². The van der Waals surface area contributed by atoms with E-state index in [-0.39, 0.29) is 18.0 Å². The summed E-state index contributed by atoms with van der Waals surface area (Å²) in [6, 6.07) is 18.4. The fourth-order valence-electron chi connectivity index (χ4n) is 6.47. The van der Waals surface area contributed by atoms with Crippen molar-refractivity contribution < 1.29 is 47.5 Å². The van der Waals surface area contributed by atoms with Gasteiger partial charge in [-0.15, -0.1) is 0 Å². The fraction of sp³-hybridized carbons (Fsp3) is 0.263. The number of carbonyl (C=O) groups excluding carboxylic acids is 2. The monoisotopic (exact) mass is 650 g/mol. The lowest BCUT2D eigenvalue weighted by molar-refractivity contribution is -0.135. The second-order valence-corrected chi connectivity index (χ2v) is 11.5. The number of benzene rings is 4. The maximum atomic E-state index is 13.7. The number of allylic oxidation sites excluding steroid dienone is 1. The second kappa shape index (κ2) is 12.9. The van der Waals surface area contributed by atoms with Crippen LogP contribution in [0.3, 0.4) is 0 Å². The molecule has 0 N–H and O–H groups in total. The summed E-state index contributed by atoms with van der Waals surface area (Å²) < 4.78 is 46.2. The van der Waals surface area contributed by atoms with Gasteiger partial charge in [0.1, 0.15) is 23.0 Å². The SMILES string of the molecule is COc1cc(OC)c(OC)cc1/C=C1\Oc2c(ccc3c2C(c2cccc(OC)c2OCCc2ccc4c(c2)CCO4)CC(=O)O3)C1=O. The molecule has 3 heterocycles. The Bertz CT molecular complexity index is 1960. The third-order valence-corrected chi connectivity index (χ3v) is 8.80. The smallest absolute Gasteiger partial charge is 0.312 e. The Hall–Kier alpha value is -5.64. The summed E-state index contributed by atoms with van der Waals surface area (Å²) >= 11 is 0. The highest BCUT2D eigenvalue weighted by atomic mass is 16.5. The molecule has 0 fully saturated rings. The van der Waals surface area contributed by atoms with Crippen molar-refractivity contribution in [1.29, 1.82) is 0 Å². The van der Waals surface area contributed by atoms with Crippen molar-refractivity contribution in [1.82, 2.24) is 0 Å². The molecule has 4 aromatic carbocycles. The van der Waals surface area contributed by atoms with Crippen molar-refractivity contribution in [3.8, 4) is 46.0 Å². The van der Waals surface area contributed by atoms with Crippen molar-refractivity contribution in [3.63, 3.8) is 0 Å². The molecule has 3 aliphatic rings. The lowest BCUT2D eigenvalue weighted by Crippen LogP contribution is -2.22. The summed E-state index contributed by atoms with van der Waals surface area (Å²) in [6.45, 7) is 1.07. The number of hydrogen-bond acceptors (Lipinski definition) is 10. The number of hydrogen-bond donors (Lipinski definition) is 0. The molecule has 4 aromatic rings. The van der Waals surface area contributed by atoms with Crippen LogP contribution in [0.15, 0.2) is 66.4 Å². The van der Waals surface area contributed by atoms with Crippen molar-refractivity contribution >= 4 is 17.8 Å². The molecule has 0 bridgehead atoms. The van der Waals surface area contributed by atoms with Crippen LogP contribution in [0.25, 0.3) is 6.08 Å². The molecular formula is C38H34O10. The Morgan fingerprint density at radius 3 is 2.38 bits per heavy atom. The highest BCUT2D eigenvalue weighted by Crippen LogP contribution is 2.52.